The van der Waals surface area contributed by atoms with E-state index in [1.54, 1.807) is 0 Å². The standard InChI is InChI=1S/C9H7ClFNO5S/c1-2-3-17-8-4-6(11)9(18(10,15)16)5-7(8)12(13)14/h2,4-5H,1,3H2. The summed E-state index contributed by atoms with van der Waals surface area (Å²) in [6.07, 6.45) is 1.30. The average Bonchev–Trinajstić information content (AvgIpc) is 2.23. The van der Waals surface area contributed by atoms with Crippen molar-refractivity contribution < 1.29 is 22.5 Å². The van der Waals surface area contributed by atoms with E-state index in [-0.39, 0.29) is 6.61 Å². The predicted molar refractivity (Wildman–Crippen MR) is 61.8 cm³/mol. The highest BCUT2D eigenvalue weighted by atomic mass is 35.7. The Morgan fingerprint density at radius 1 is 1.56 bits per heavy atom. The van der Waals surface area contributed by atoms with Gasteiger partial charge in [-0.1, -0.05) is 12.7 Å². The van der Waals surface area contributed by atoms with Gasteiger partial charge in [-0.05, 0) is 0 Å². The van der Waals surface area contributed by atoms with E-state index in [0.717, 1.165) is 0 Å². The van der Waals surface area contributed by atoms with Crippen LogP contribution < -0.4 is 4.74 Å². The van der Waals surface area contributed by atoms with Crippen molar-refractivity contribution in [3.05, 3.63) is 40.7 Å². The monoisotopic (exact) mass is 295 g/mol. The van der Waals surface area contributed by atoms with Crippen LogP contribution >= 0.6 is 10.7 Å². The van der Waals surface area contributed by atoms with E-state index < -0.39 is 36.1 Å². The van der Waals surface area contributed by atoms with E-state index >= 15 is 0 Å². The molecule has 0 aliphatic rings. The molecule has 0 fully saturated rings. The highest BCUT2D eigenvalue weighted by Crippen LogP contribution is 2.33. The first-order valence-electron chi connectivity index (χ1n) is 4.43. The zero-order chi connectivity index (χ0) is 13.9. The molecule has 18 heavy (non-hydrogen) atoms. The molecule has 0 N–H and O–H groups in total. The Kier molecular flexibility index (Phi) is 4.25. The van der Waals surface area contributed by atoms with E-state index in [1.165, 1.54) is 6.08 Å². The number of nitro groups is 1. The minimum atomic E-state index is -4.41. The molecule has 0 spiro atoms. The number of hydrogen-bond donors (Lipinski definition) is 0. The van der Waals surface area contributed by atoms with Crippen LogP contribution in [0.5, 0.6) is 5.75 Å². The lowest BCUT2D eigenvalue weighted by Gasteiger charge is -2.06. The van der Waals surface area contributed by atoms with Crippen LogP contribution in [0.1, 0.15) is 0 Å². The van der Waals surface area contributed by atoms with Gasteiger partial charge in [-0.2, -0.15) is 0 Å². The molecule has 1 rings (SSSR count). The van der Waals surface area contributed by atoms with E-state index in [4.69, 9.17) is 15.4 Å². The van der Waals surface area contributed by atoms with E-state index in [1.807, 2.05) is 0 Å². The number of rotatable bonds is 5. The fourth-order valence-electron chi connectivity index (χ4n) is 1.12. The zero-order valence-corrected chi connectivity index (χ0v) is 10.4. The summed E-state index contributed by atoms with van der Waals surface area (Å²) in [5, 5.41) is 10.7. The normalized spacial score (nSPS) is 11.0. The molecule has 1 aromatic rings. The van der Waals surface area contributed by atoms with Crippen molar-refractivity contribution in [3.8, 4) is 5.75 Å². The molecular weight excluding hydrogens is 289 g/mol. The van der Waals surface area contributed by atoms with Crippen molar-refractivity contribution in [1.29, 1.82) is 0 Å². The van der Waals surface area contributed by atoms with Gasteiger partial charge in [0.05, 0.1) is 4.92 Å². The summed E-state index contributed by atoms with van der Waals surface area (Å²) in [5.41, 5.74) is -0.697. The summed E-state index contributed by atoms with van der Waals surface area (Å²) in [6, 6.07) is 1.10. The second-order valence-electron chi connectivity index (χ2n) is 3.04. The first-order valence-corrected chi connectivity index (χ1v) is 6.74. The zero-order valence-electron chi connectivity index (χ0n) is 8.80. The summed E-state index contributed by atoms with van der Waals surface area (Å²) in [4.78, 5) is 8.84. The fraction of sp³-hybridized carbons (Fsp3) is 0.111. The SMILES string of the molecule is C=CCOc1cc(F)c(S(=O)(=O)Cl)cc1[N+](=O)[O-]. The van der Waals surface area contributed by atoms with E-state index in [2.05, 4.69) is 6.58 Å². The molecule has 6 nitrogen and oxygen atoms in total. The molecule has 0 bridgehead atoms. The molecule has 98 valence electrons. The molecule has 0 unspecified atom stereocenters. The molecule has 0 heterocycles. The van der Waals surface area contributed by atoms with Gasteiger partial charge in [-0.25, -0.2) is 12.8 Å². The summed E-state index contributed by atoms with van der Waals surface area (Å²) < 4.78 is 40.3. The summed E-state index contributed by atoms with van der Waals surface area (Å²) in [5.74, 6) is -1.63. The second-order valence-corrected chi connectivity index (χ2v) is 5.58. The smallest absolute Gasteiger partial charge is 0.312 e. The van der Waals surface area contributed by atoms with Gasteiger partial charge < -0.3 is 4.74 Å². The lowest BCUT2D eigenvalue weighted by molar-refractivity contribution is -0.386. The third-order valence-electron chi connectivity index (χ3n) is 1.83. The predicted octanol–water partition coefficient (Wildman–Crippen LogP) is 2.23. The van der Waals surface area contributed by atoms with E-state index in [9.17, 15) is 22.9 Å². The molecule has 0 radical (unpaired) electrons. The second kappa shape index (κ2) is 5.32. The molecule has 0 amide bonds. The molecule has 0 atom stereocenters. The van der Waals surface area contributed by atoms with Crippen molar-refractivity contribution in [2.24, 2.45) is 0 Å². The van der Waals surface area contributed by atoms with Crippen molar-refractivity contribution in [3.63, 3.8) is 0 Å². The topological polar surface area (TPSA) is 86.5 Å². The average molecular weight is 296 g/mol. The Labute approximate surface area is 106 Å². The Morgan fingerprint density at radius 2 is 2.17 bits per heavy atom. The number of halogens is 2. The lowest BCUT2D eigenvalue weighted by Crippen LogP contribution is -2.03. The third kappa shape index (κ3) is 3.17. The van der Waals surface area contributed by atoms with Gasteiger partial charge in [0.2, 0.25) is 0 Å². The van der Waals surface area contributed by atoms with Crippen molar-refractivity contribution in [2.75, 3.05) is 6.61 Å². The van der Waals surface area contributed by atoms with E-state index in [0.29, 0.717) is 12.1 Å². The van der Waals surface area contributed by atoms with Crippen molar-refractivity contribution in [1.82, 2.24) is 0 Å². The lowest BCUT2D eigenvalue weighted by atomic mass is 10.3. The number of nitrogens with zero attached hydrogens (tertiary/aromatic N) is 1. The van der Waals surface area contributed by atoms with Gasteiger partial charge >= 0.3 is 5.69 Å². The van der Waals surface area contributed by atoms with Crippen molar-refractivity contribution in [2.45, 2.75) is 4.90 Å². The van der Waals surface area contributed by atoms with Gasteiger partial charge in [0.15, 0.2) is 5.75 Å². The summed E-state index contributed by atoms with van der Waals surface area (Å²) >= 11 is 0. The van der Waals surface area contributed by atoms with Gasteiger partial charge in [0, 0.05) is 22.8 Å². The minimum Gasteiger partial charge on any atom is -0.483 e. The van der Waals surface area contributed by atoms with Crippen LogP contribution in [0, 0.1) is 15.9 Å². The largest absolute Gasteiger partial charge is 0.483 e. The number of hydrogen-bond acceptors (Lipinski definition) is 5. The fourth-order valence-corrected chi connectivity index (χ4v) is 2.02. The Hall–Kier alpha value is -1.67. The van der Waals surface area contributed by atoms with Crippen molar-refractivity contribution >= 4 is 25.4 Å². The Bertz CT molecular complexity index is 601. The van der Waals surface area contributed by atoms with Crippen LogP contribution in [0.4, 0.5) is 10.1 Å². The third-order valence-corrected chi connectivity index (χ3v) is 3.17. The maximum Gasteiger partial charge on any atom is 0.312 e. The molecule has 0 aromatic heterocycles. The van der Waals surface area contributed by atoms with Crippen LogP contribution in [0.3, 0.4) is 0 Å². The van der Waals surface area contributed by atoms with Crippen LogP contribution in [0.25, 0.3) is 0 Å². The van der Waals surface area contributed by atoms with Gasteiger partial charge in [-0.15, -0.1) is 0 Å². The Balaban J connectivity index is 3.44. The molecular formula is C9H7ClFNO5S. The number of benzene rings is 1. The molecule has 0 aliphatic heterocycles. The first-order chi connectivity index (χ1) is 8.27. The van der Waals surface area contributed by atoms with Gasteiger partial charge in [0.25, 0.3) is 9.05 Å². The summed E-state index contributed by atoms with van der Waals surface area (Å²) in [7, 11) is 0.540. The minimum absolute atomic E-state index is 0.0900. The van der Waals surface area contributed by atoms with Crippen LogP contribution in [-0.4, -0.2) is 19.9 Å². The molecule has 0 saturated carbocycles. The maximum atomic E-state index is 13.4. The molecule has 0 aliphatic carbocycles. The highest BCUT2D eigenvalue weighted by molar-refractivity contribution is 8.13. The highest BCUT2D eigenvalue weighted by Gasteiger charge is 2.25. The Morgan fingerprint density at radius 3 is 2.61 bits per heavy atom. The molecule has 0 saturated heterocycles. The van der Waals surface area contributed by atoms with Crippen LogP contribution in [-0.2, 0) is 9.05 Å². The van der Waals surface area contributed by atoms with Gasteiger partial charge in [0.1, 0.15) is 17.3 Å². The molecule has 9 heteroatoms. The number of nitro benzene ring substituents is 1. The molecule has 1 aromatic carbocycles. The van der Waals surface area contributed by atoms with Gasteiger partial charge in [-0.3, -0.25) is 10.1 Å². The van der Waals surface area contributed by atoms with Crippen LogP contribution in [0.15, 0.2) is 29.7 Å². The maximum absolute atomic E-state index is 13.4. The van der Waals surface area contributed by atoms with Crippen LogP contribution in [0.2, 0.25) is 0 Å². The quantitative estimate of drug-likeness (QED) is 0.360. The first kappa shape index (κ1) is 14.4. The summed E-state index contributed by atoms with van der Waals surface area (Å²) in [6.45, 7) is 3.23. The number of ether oxygens (including phenoxy) is 1.